The first kappa shape index (κ1) is 38.2. The number of halogens is 1. The van der Waals surface area contributed by atoms with Gasteiger partial charge < -0.3 is 35.4 Å². The summed E-state index contributed by atoms with van der Waals surface area (Å²) in [5, 5.41) is 11.3. The number of nitrogens with zero attached hydrogens (tertiary/aromatic N) is 1. The fraction of sp³-hybridized carbons (Fsp3) is 0.268. The van der Waals surface area contributed by atoms with Gasteiger partial charge in [-0.25, -0.2) is 14.2 Å². The molecular weight excluding hydrogens is 707 g/mol. The highest BCUT2D eigenvalue weighted by Crippen LogP contribution is 2.24. The number of hydrogen-bond acceptors (Lipinski definition) is 9. The zero-order valence-corrected chi connectivity index (χ0v) is 30.6. The quantitative estimate of drug-likeness (QED) is 0.0683. The molecule has 13 nitrogen and oxygen atoms in total. The maximum Gasteiger partial charge on any atom is 0.328 e. The van der Waals surface area contributed by atoms with Gasteiger partial charge in [0, 0.05) is 42.2 Å². The van der Waals surface area contributed by atoms with E-state index in [-0.39, 0.29) is 50.1 Å². The number of H-pyrrole nitrogens is 2. The summed E-state index contributed by atoms with van der Waals surface area (Å²) < 4.78 is 25.8. The van der Waals surface area contributed by atoms with E-state index >= 15 is 4.39 Å². The van der Waals surface area contributed by atoms with Crippen molar-refractivity contribution in [3.05, 3.63) is 118 Å². The number of esters is 2. The maximum absolute atomic E-state index is 15.5. The van der Waals surface area contributed by atoms with Gasteiger partial charge in [0.2, 0.25) is 5.91 Å². The van der Waals surface area contributed by atoms with Gasteiger partial charge in [0.1, 0.15) is 23.7 Å². The van der Waals surface area contributed by atoms with Crippen molar-refractivity contribution in [2.24, 2.45) is 0 Å². The lowest BCUT2D eigenvalue weighted by atomic mass is 10.0. The van der Waals surface area contributed by atoms with E-state index in [1.165, 1.54) is 12.1 Å². The number of para-hydroxylation sites is 1. The molecule has 0 radical (unpaired) electrons. The number of anilines is 1. The fourth-order valence-electron chi connectivity index (χ4n) is 6.47. The second-order valence-electron chi connectivity index (χ2n) is 13.0. The van der Waals surface area contributed by atoms with Crippen LogP contribution in [-0.2, 0) is 36.8 Å². The van der Waals surface area contributed by atoms with Gasteiger partial charge in [-0.1, -0.05) is 36.4 Å². The summed E-state index contributed by atoms with van der Waals surface area (Å²) in [4.78, 5) is 75.6. The van der Waals surface area contributed by atoms with Gasteiger partial charge in [0.05, 0.1) is 29.7 Å². The number of nitrogens with one attached hydrogen (secondary N) is 5. The number of hydrogen-bond donors (Lipinski definition) is 5. The van der Waals surface area contributed by atoms with Crippen molar-refractivity contribution < 1.29 is 33.0 Å². The topological polar surface area (TPSA) is 184 Å². The molecule has 14 heteroatoms. The normalized spacial score (nSPS) is 12.3. The smallest absolute Gasteiger partial charge is 0.328 e. The van der Waals surface area contributed by atoms with E-state index in [1.54, 1.807) is 33.0 Å². The largest absolute Gasteiger partial charge is 0.466 e. The van der Waals surface area contributed by atoms with Gasteiger partial charge in [0.25, 0.3) is 11.5 Å². The van der Waals surface area contributed by atoms with Gasteiger partial charge in [-0.2, -0.15) is 0 Å². The molecule has 284 valence electrons. The SMILES string of the molecule is CCOC(=O)CC[C@@H](NC(=O)c1ccc(NCc2ccc3ccc4nc(C)[nH]c(=O)c4c3c2)cc1F)C(=O)N[C@@H](Cc1c[nH]c2ccccc12)C(=O)OCC. The molecule has 0 unspecified atom stereocenters. The molecule has 0 saturated carbocycles. The van der Waals surface area contributed by atoms with Gasteiger partial charge in [0.15, 0.2) is 0 Å². The number of aromatic nitrogens is 3. The first-order valence-electron chi connectivity index (χ1n) is 18.0. The Hall–Kier alpha value is -6.57. The molecule has 2 atom stereocenters. The van der Waals surface area contributed by atoms with Crippen LogP contribution < -0.4 is 21.5 Å². The third kappa shape index (κ3) is 8.98. The van der Waals surface area contributed by atoms with E-state index in [4.69, 9.17) is 9.47 Å². The lowest BCUT2D eigenvalue weighted by Crippen LogP contribution is -2.52. The highest BCUT2D eigenvalue weighted by atomic mass is 19.1. The molecule has 0 aliphatic heterocycles. The van der Waals surface area contributed by atoms with Crippen LogP contribution >= 0.6 is 0 Å². The molecule has 0 spiro atoms. The van der Waals surface area contributed by atoms with Crippen molar-refractivity contribution in [3.63, 3.8) is 0 Å². The second-order valence-corrected chi connectivity index (χ2v) is 13.0. The zero-order valence-electron chi connectivity index (χ0n) is 30.6. The molecular formula is C41H41FN6O7. The summed E-state index contributed by atoms with van der Waals surface area (Å²) in [7, 11) is 0. The number of amides is 2. The van der Waals surface area contributed by atoms with Crippen LogP contribution in [0, 0.1) is 12.7 Å². The molecule has 55 heavy (non-hydrogen) atoms. The van der Waals surface area contributed by atoms with Crippen LogP contribution in [0.3, 0.4) is 0 Å². The van der Waals surface area contributed by atoms with Crippen molar-refractivity contribution >= 4 is 62.0 Å². The van der Waals surface area contributed by atoms with Crippen molar-refractivity contribution in [3.8, 4) is 0 Å². The molecule has 0 bridgehead atoms. The summed E-state index contributed by atoms with van der Waals surface area (Å²) in [6.45, 7) is 5.49. The standard InChI is InChI=1S/C41H41FN6O7/c1-4-54-36(49)17-16-34(39(51)48-35(41(53)55-5-2)19-26-22-44-32-9-7-6-8-28(26)32)47-38(50)29-14-13-27(20-31(29)42)43-21-24-10-11-25-12-15-33-37(30(25)18-24)40(52)46-23(3)45-33/h6-15,18,20,22,34-35,43-44H,4-5,16-17,19,21H2,1-3H3,(H,47,50)(H,48,51)(H,45,46,52)/t34-,35+/m1/s1. The van der Waals surface area contributed by atoms with E-state index in [0.717, 1.165) is 38.9 Å². The third-order valence-corrected chi connectivity index (χ3v) is 9.13. The number of aryl methyl sites for hydroxylation is 1. The minimum atomic E-state index is -1.33. The van der Waals surface area contributed by atoms with E-state index < -0.39 is 41.7 Å². The Balaban J connectivity index is 1.16. The minimum absolute atomic E-state index is 0.0737. The third-order valence-electron chi connectivity index (χ3n) is 9.13. The van der Waals surface area contributed by atoms with Crippen molar-refractivity contribution in [1.82, 2.24) is 25.6 Å². The number of carbonyl (C=O) groups is 4. The highest BCUT2D eigenvalue weighted by Gasteiger charge is 2.30. The van der Waals surface area contributed by atoms with Crippen molar-refractivity contribution in [2.45, 2.75) is 58.7 Å². The average molecular weight is 749 g/mol. The monoisotopic (exact) mass is 748 g/mol. The van der Waals surface area contributed by atoms with Gasteiger partial charge in [-0.3, -0.25) is 19.2 Å². The average Bonchev–Trinajstić information content (AvgIpc) is 3.57. The van der Waals surface area contributed by atoms with Crippen LogP contribution in [0.2, 0.25) is 0 Å². The van der Waals surface area contributed by atoms with E-state index in [9.17, 15) is 24.0 Å². The van der Waals surface area contributed by atoms with Crippen molar-refractivity contribution in [2.75, 3.05) is 18.5 Å². The summed E-state index contributed by atoms with van der Waals surface area (Å²) in [6.07, 6.45) is 1.43. The fourth-order valence-corrected chi connectivity index (χ4v) is 6.47. The van der Waals surface area contributed by atoms with E-state index in [2.05, 4.69) is 30.9 Å². The summed E-state index contributed by atoms with van der Waals surface area (Å²) >= 11 is 0. The Bertz CT molecular complexity index is 2460. The van der Waals surface area contributed by atoms with Crippen LogP contribution in [0.15, 0.2) is 83.8 Å². The molecule has 6 aromatic rings. The number of aromatic amines is 2. The zero-order chi connectivity index (χ0) is 39.1. The van der Waals surface area contributed by atoms with Gasteiger partial charge in [-0.15, -0.1) is 0 Å². The van der Waals surface area contributed by atoms with Gasteiger partial charge in [-0.05, 0) is 85.5 Å². The summed E-state index contributed by atoms with van der Waals surface area (Å²) in [5.74, 6) is -3.26. The summed E-state index contributed by atoms with van der Waals surface area (Å²) in [5.41, 5.74) is 2.82. The number of ether oxygens (including phenoxy) is 2. The Morgan fingerprint density at radius 1 is 0.891 bits per heavy atom. The molecule has 2 aromatic heterocycles. The Kier molecular flexibility index (Phi) is 11.8. The van der Waals surface area contributed by atoms with Crippen LogP contribution in [-0.4, -0.2) is 64.0 Å². The second kappa shape index (κ2) is 17.1. The first-order valence-corrected chi connectivity index (χ1v) is 18.0. The van der Waals surface area contributed by atoms with E-state index in [0.29, 0.717) is 22.4 Å². The van der Waals surface area contributed by atoms with Crippen LogP contribution in [0.5, 0.6) is 0 Å². The minimum Gasteiger partial charge on any atom is -0.466 e. The number of benzene rings is 4. The number of carbonyl (C=O) groups excluding carboxylic acids is 4. The molecule has 0 aliphatic carbocycles. The van der Waals surface area contributed by atoms with Crippen LogP contribution in [0.25, 0.3) is 32.6 Å². The maximum atomic E-state index is 15.5. The molecule has 0 fully saturated rings. The number of rotatable bonds is 15. The Morgan fingerprint density at radius 3 is 2.45 bits per heavy atom. The molecule has 6 rings (SSSR count). The molecule has 2 heterocycles. The molecule has 2 amide bonds. The van der Waals surface area contributed by atoms with Crippen molar-refractivity contribution in [1.29, 1.82) is 0 Å². The first-order chi connectivity index (χ1) is 26.5. The lowest BCUT2D eigenvalue weighted by molar-refractivity contribution is -0.148. The van der Waals surface area contributed by atoms with E-state index in [1.807, 2.05) is 48.5 Å². The summed E-state index contributed by atoms with van der Waals surface area (Å²) in [6, 6.07) is 18.4. The molecule has 4 aromatic carbocycles. The lowest BCUT2D eigenvalue weighted by Gasteiger charge is -2.23. The van der Waals surface area contributed by atoms with Gasteiger partial charge >= 0.3 is 11.9 Å². The number of fused-ring (bicyclic) bond motifs is 4. The molecule has 5 N–H and O–H groups in total. The Morgan fingerprint density at radius 2 is 1.67 bits per heavy atom. The van der Waals surface area contributed by atoms with Crippen LogP contribution in [0.4, 0.5) is 10.1 Å². The van der Waals surface area contributed by atoms with Crippen LogP contribution in [0.1, 0.15) is 54.0 Å². The molecule has 0 aliphatic rings. The predicted octanol–water partition coefficient (Wildman–Crippen LogP) is 5.35. The predicted molar refractivity (Wildman–Crippen MR) is 206 cm³/mol. The Labute approximate surface area is 315 Å². The highest BCUT2D eigenvalue weighted by molar-refractivity contribution is 6.06. The molecule has 0 saturated heterocycles.